The molecule has 0 aliphatic carbocycles. The molecule has 0 unspecified atom stereocenters. The summed E-state index contributed by atoms with van der Waals surface area (Å²) in [4.78, 5) is 31.1. The largest absolute Gasteiger partial charge is 0.501 e. The van der Waals surface area contributed by atoms with E-state index in [1.54, 1.807) is 12.1 Å². The van der Waals surface area contributed by atoms with E-state index in [1.807, 2.05) is 7.05 Å². The normalized spacial score (nSPS) is 17.4. The highest BCUT2D eigenvalue weighted by Crippen LogP contribution is 2.29. The summed E-state index contributed by atoms with van der Waals surface area (Å²) in [6, 6.07) is 5.61. The van der Waals surface area contributed by atoms with E-state index in [-0.39, 0.29) is 24.1 Å². The maximum Gasteiger partial charge on any atom is 0.296 e. The number of carbonyl (C=O) groups excluding carboxylic acids is 1. The molecule has 1 aromatic heterocycles. The lowest BCUT2D eigenvalue weighted by atomic mass is 10.2. The molecular weight excluding hydrogens is 339 g/mol. The molecule has 0 saturated carbocycles. The zero-order valence-corrected chi connectivity index (χ0v) is 14.7. The average molecular weight is 360 g/mol. The molecule has 1 aliphatic heterocycles. The predicted molar refractivity (Wildman–Crippen MR) is 93.3 cm³/mol. The Kier molecular flexibility index (Phi) is 5.03. The minimum absolute atomic E-state index is 0.0723. The topological polar surface area (TPSA) is 87.5 Å². The van der Waals surface area contributed by atoms with Gasteiger partial charge in [-0.25, -0.2) is 9.37 Å². The SMILES string of the molecule is CN1CCC[C@H]1c1nc(C(=O)NCc2ccc(F)cc2)c(O)c(=O)n1C. The Hall–Kier alpha value is -2.74. The van der Waals surface area contributed by atoms with Crippen LogP contribution in [0.3, 0.4) is 0 Å². The number of nitrogens with one attached hydrogen (secondary N) is 1. The van der Waals surface area contributed by atoms with Crippen LogP contribution in [0.15, 0.2) is 29.1 Å². The van der Waals surface area contributed by atoms with Crippen LogP contribution in [-0.2, 0) is 13.6 Å². The van der Waals surface area contributed by atoms with Gasteiger partial charge in [0.15, 0.2) is 5.69 Å². The van der Waals surface area contributed by atoms with Crippen LogP contribution in [0.25, 0.3) is 0 Å². The highest BCUT2D eigenvalue weighted by Gasteiger charge is 2.29. The van der Waals surface area contributed by atoms with Gasteiger partial charge in [-0.3, -0.25) is 19.1 Å². The number of benzene rings is 1. The number of hydrogen-bond acceptors (Lipinski definition) is 5. The van der Waals surface area contributed by atoms with Crippen molar-refractivity contribution in [3.05, 3.63) is 57.5 Å². The summed E-state index contributed by atoms with van der Waals surface area (Å²) in [6.45, 7) is 1.02. The van der Waals surface area contributed by atoms with Gasteiger partial charge < -0.3 is 10.4 Å². The molecule has 3 rings (SSSR count). The summed E-state index contributed by atoms with van der Waals surface area (Å²) in [6.07, 6.45) is 1.81. The molecule has 0 radical (unpaired) electrons. The van der Waals surface area contributed by atoms with Crippen molar-refractivity contribution in [3.63, 3.8) is 0 Å². The van der Waals surface area contributed by atoms with Crippen molar-refractivity contribution < 1.29 is 14.3 Å². The number of likely N-dealkylation sites (tertiary alicyclic amines) is 1. The first-order chi connectivity index (χ1) is 12.4. The third-order valence-corrected chi connectivity index (χ3v) is 4.70. The maximum absolute atomic E-state index is 12.9. The molecule has 1 amide bonds. The van der Waals surface area contributed by atoms with Crippen LogP contribution in [0.5, 0.6) is 5.75 Å². The monoisotopic (exact) mass is 360 g/mol. The Labute approximate surface area is 150 Å². The highest BCUT2D eigenvalue weighted by atomic mass is 19.1. The van der Waals surface area contributed by atoms with E-state index in [2.05, 4.69) is 15.2 Å². The highest BCUT2D eigenvalue weighted by molar-refractivity contribution is 5.94. The van der Waals surface area contributed by atoms with Crippen molar-refractivity contribution in [2.24, 2.45) is 7.05 Å². The van der Waals surface area contributed by atoms with Crippen LogP contribution >= 0.6 is 0 Å². The van der Waals surface area contributed by atoms with Gasteiger partial charge in [0.25, 0.3) is 11.5 Å². The van der Waals surface area contributed by atoms with E-state index in [4.69, 9.17) is 0 Å². The van der Waals surface area contributed by atoms with E-state index in [9.17, 15) is 19.1 Å². The van der Waals surface area contributed by atoms with Crippen molar-refractivity contribution in [1.29, 1.82) is 0 Å². The Balaban J connectivity index is 1.86. The molecule has 2 aromatic rings. The molecule has 1 aromatic carbocycles. The van der Waals surface area contributed by atoms with Gasteiger partial charge in [0, 0.05) is 13.6 Å². The van der Waals surface area contributed by atoms with Crippen molar-refractivity contribution in [2.45, 2.75) is 25.4 Å². The second-order valence-electron chi connectivity index (χ2n) is 6.48. The van der Waals surface area contributed by atoms with Gasteiger partial charge in [-0.15, -0.1) is 0 Å². The van der Waals surface area contributed by atoms with Crippen molar-refractivity contribution in [1.82, 2.24) is 19.8 Å². The van der Waals surface area contributed by atoms with Crippen molar-refractivity contribution in [3.8, 4) is 5.75 Å². The Morgan fingerprint density at radius 2 is 2.04 bits per heavy atom. The zero-order valence-electron chi connectivity index (χ0n) is 14.7. The molecule has 138 valence electrons. The number of nitrogens with zero attached hydrogens (tertiary/aromatic N) is 3. The van der Waals surface area contributed by atoms with E-state index in [0.717, 1.165) is 19.4 Å². The van der Waals surface area contributed by atoms with E-state index < -0.39 is 17.2 Å². The average Bonchev–Trinajstić information content (AvgIpc) is 3.05. The molecule has 7 nitrogen and oxygen atoms in total. The molecule has 1 aliphatic rings. The van der Waals surface area contributed by atoms with Gasteiger partial charge in [0.2, 0.25) is 5.75 Å². The minimum Gasteiger partial charge on any atom is -0.501 e. The molecule has 1 saturated heterocycles. The summed E-state index contributed by atoms with van der Waals surface area (Å²) in [5.41, 5.74) is -0.244. The van der Waals surface area contributed by atoms with Gasteiger partial charge in [0.05, 0.1) is 6.04 Å². The van der Waals surface area contributed by atoms with E-state index in [0.29, 0.717) is 11.4 Å². The van der Waals surface area contributed by atoms with E-state index >= 15 is 0 Å². The summed E-state index contributed by atoms with van der Waals surface area (Å²) in [5, 5.41) is 12.7. The molecule has 2 N–H and O–H groups in total. The lowest BCUT2D eigenvalue weighted by molar-refractivity contribution is 0.0941. The van der Waals surface area contributed by atoms with Crippen molar-refractivity contribution >= 4 is 5.91 Å². The quantitative estimate of drug-likeness (QED) is 0.859. The lowest BCUT2D eigenvalue weighted by Gasteiger charge is -2.21. The Morgan fingerprint density at radius 1 is 1.35 bits per heavy atom. The van der Waals surface area contributed by atoms with E-state index in [1.165, 1.54) is 23.7 Å². The van der Waals surface area contributed by atoms with Crippen LogP contribution in [0.2, 0.25) is 0 Å². The van der Waals surface area contributed by atoms with Gasteiger partial charge in [-0.1, -0.05) is 12.1 Å². The third-order valence-electron chi connectivity index (χ3n) is 4.70. The number of rotatable bonds is 4. The van der Waals surface area contributed by atoms with Gasteiger partial charge in [-0.05, 0) is 44.1 Å². The number of carbonyl (C=O) groups is 1. The molecule has 1 fully saturated rings. The standard InChI is InChI=1S/C18H21FN4O3/c1-22-9-3-4-13(22)16-21-14(15(24)18(26)23(16)2)17(25)20-10-11-5-7-12(19)8-6-11/h5-8,13,24H,3-4,9-10H2,1-2H3,(H,20,25)/t13-/m0/s1. The molecule has 2 heterocycles. The predicted octanol–water partition coefficient (Wildman–Crippen LogP) is 1.32. The van der Waals surface area contributed by atoms with Crippen LogP contribution in [-0.4, -0.2) is 39.1 Å². The van der Waals surface area contributed by atoms with Crippen molar-refractivity contribution in [2.75, 3.05) is 13.6 Å². The smallest absolute Gasteiger partial charge is 0.296 e. The second-order valence-corrected chi connectivity index (χ2v) is 6.48. The van der Waals surface area contributed by atoms with Crippen LogP contribution in [0.4, 0.5) is 4.39 Å². The molecule has 8 heteroatoms. The van der Waals surface area contributed by atoms with Crippen LogP contribution < -0.4 is 10.9 Å². The zero-order chi connectivity index (χ0) is 18.8. The first-order valence-electron chi connectivity index (χ1n) is 8.41. The lowest BCUT2D eigenvalue weighted by Crippen LogP contribution is -2.33. The minimum atomic E-state index is -0.673. The fourth-order valence-electron chi connectivity index (χ4n) is 3.17. The Morgan fingerprint density at radius 3 is 2.65 bits per heavy atom. The van der Waals surface area contributed by atoms with Crippen LogP contribution in [0.1, 0.15) is 40.8 Å². The number of aromatic hydroxyl groups is 1. The van der Waals surface area contributed by atoms with Crippen LogP contribution in [0, 0.1) is 5.82 Å². The first kappa shape index (κ1) is 18.1. The maximum atomic E-state index is 12.9. The fourth-order valence-corrected chi connectivity index (χ4v) is 3.17. The number of hydrogen-bond donors (Lipinski definition) is 2. The molecule has 1 atom stereocenters. The number of aromatic nitrogens is 2. The fraction of sp³-hybridized carbons (Fsp3) is 0.389. The number of amides is 1. The third kappa shape index (κ3) is 3.45. The molecule has 0 spiro atoms. The summed E-state index contributed by atoms with van der Waals surface area (Å²) in [5.74, 6) is -1.23. The number of halogens is 1. The Bertz CT molecular complexity index is 879. The molecule has 26 heavy (non-hydrogen) atoms. The van der Waals surface area contributed by atoms with Gasteiger partial charge in [0.1, 0.15) is 11.6 Å². The first-order valence-corrected chi connectivity index (χ1v) is 8.41. The summed E-state index contributed by atoms with van der Waals surface area (Å²) < 4.78 is 14.2. The molecular formula is C18H21FN4O3. The second kappa shape index (κ2) is 7.25. The van der Waals surface area contributed by atoms with Gasteiger partial charge in [-0.2, -0.15) is 0 Å². The van der Waals surface area contributed by atoms with Gasteiger partial charge >= 0.3 is 0 Å². The summed E-state index contributed by atoms with van der Waals surface area (Å²) in [7, 11) is 3.47. The molecule has 0 bridgehead atoms. The summed E-state index contributed by atoms with van der Waals surface area (Å²) >= 11 is 0.